The van der Waals surface area contributed by atoms with E-state index in [1.54, 1.807) is 0 Å². The Hall–Kier alpha value is -0.240. The maximum Gasteiger partial charge on any atom is 0.250 e. The number of fused-ring (bicyclic) bond motifs is 1. The van der Waals surface area contributed by atoms with Gasteiger partial charge in [0.2, 0.25) is 0 Å². The molecule has 112 valence electrons. The van der Waals surface area contributed by atoms with Gasteiger partial charge < -0.3 is 5.32 Å². The molecule has 4 atom stereocenters. The molecule has 0 radical (unpaired) electrons. The van der Waals surface area contributed by atoms with Crippen LogP contribution in [0.2, 0.25) is 0 Å². The third kappa shape index (κ3) is 2.73. The van der Waals surface area contributed by atoms with E-state index in [0.29, 0.717) is 23.8 Å². The van der Waals surface area contributed by atoms with Crippen molar-refractivity contribution in [2.75, 3.05) is 6.54 Å². The molecular formula is C14H20F2IN3. The average molecular weight is 395 g/mol. The SMILES string of the molecule is CC(C)n1nc(I)cc1[C@H]1[C@@H]2CC(NCC(F)F)C[C@@H]21. The first-order chi connectivity index (χ1) is 9.47. The van der Waals surface area contributed by atoms with Crippen LogP contribution >= 0.6 is 22.6 Å². The van der Waals surface area contributed by atoms with Crippen molar-refractivity contribution in [2.45, 2.75) is 51.1 Å². The Morgan fingerprint density at radius 3 is 2.60 bits per heavy atom. The summed E-state index contributed by atoms with van der Waals surface area (Å²) in [7, 11) is 0. The summed E-state index contributed by atoms with van der Waals surface area (Å²) >= 11 is 2.26. The van der Waals surface area contributed by atoms with E-state index in [1.165, 1.54) is 5.69 Å². The predicted octanol–water partition coefficient (Wildman–Crippen LogP) is 3.42. The number of hydrogen-bond acceptors (Lipinski definition) is 2. The van der Waals surface area contributed by atoms with Crippen molar-refractivity contribution in [2.24, 2.45) is 11.8 Å². The van der Waals surface area contributed by atoms with E-state index >= 15 is 0 Å². The highest BCUT2D eigenvalue weighted by Crippen LogP contribution is 2.63. The molecule has 6 heteroatoms. The van der Waals surface area contributed by atoms with E-state index < -0.39 is 6.43 Å². The smallest absolute Gasteiger partial charge is 0.250 e. The second-order valence-electron chi connectivity index (χ2n) is 6.25. The standard InChI is InChI=1S/C14H20F2IN3/c1-7(2)20-11(5-13(17)19-20)14-9-3-8(4-10(9)14)18-6-12(15)16/h5,7-10,12,14,18H,3-4,6H2,1-2H3/t8?,9-,10+,14+. The van der Waals surface area contributed by atoms with Gasteiger partial charge >= 0.3 is 0 Å². The van der Waals surface area contributed by atoms with Crippen molar-refractivity contribution in [3.63, 3.8) is 0 Å². The van der Waals surface area contributed by atoms with Gasteiger partial charge in [-0.05, 0) is 67.2 Å². The number of nitrogens with one attached hydrogen (secondary N) is 1. The zero-order valence-electron chi connectivity index (χ0n) is 11.7. The fraction of sp³-hybridized carbons (Fsp3) is 0.786. The molecule has 0 spiro atoms. The molecule has 0 aromatic carbocycles. The molecule has 2 aliphatic carbocycles. The minimum absolute atomic E-state index is 0.170. The molecule has 1 heterocycles. The van der Waals surface area contributed by atoms with Gasteiger partial charge in [0.25, 0.3) is 6.43 Å². The molecule has 3 nitrogen and oxygen atoms in total. The zero-order valence-corrected chi connectivity index (χ0v) is 13.8. The molecule has 3 rings (SSSR count). The molecule has 2 saturated carbocycles. The summed E-state index contributed by atoms with van der Waals surface area (Å²) in [6.07, 6.45) is -0.184. The van der Waals surface area contributed by atoms with E-state index in [-0.39, 0.29) is 12.6 Å². The number of nitrogens with zero attached hydrogens (tertiary/aromatic N) is 2. The highest BCUT2D eigenvalue weighted by molar-refractivity contribution is 14.1. The first-order valence-corrected chi connectivity index (χ1v) is 8.31. The molecule has 0 aliphatic heterocycles. The van der Waals surface area contributed by atoms with Crippen molar-refractivity contribution >= 4 is 22.6 Å². The zero-order chi connectivity index (χ0) is 14.4. The van der Waals surface area contributed by atoms with Crippen LogP contribution in [0, 0.1) is 15.5 Å². The third-order valence-corrected chi connectivity index (χ3v) is 5.10. The first kappa shape index (κ1) is 14.7. The highest BCUT2D eigenvalue weighted by Gasteiger charge is 2.57. The molecule has 2 aliphatic rings. The summed E-state index contributed by atoms with van der Waals surface area (Å²) in [5.41, 5.74) is 1.34. The summed E-state index contributed by atoms with van der Waals surface area (Å²) < 4.78 is 27.6. The van der Waals surface area contributed by atoms with Gasteiger partial charge in [0.05, 0.1) is 6.54 Å². The van der Waals surface area contributed by atoms with E-state index in [1.807, 2.05) is 0 Å². The Balaban J connectivity index is 1.62. The lowest BCUT2D eigenvalue weighted by molar-refractivity contribution is 0.140. The lowest BCUT2D eigenvalue weighted by atomic mass is 10.0. The number of alkyl halides is 2. The van der Waals surface area contributed by atoms with Gasteiger partial charge in [-0.3, -0.25) is 4.68 Å². The van der Waals surface area contributed by atoms with Crippen molar-refractivity contribution in [1.29, 1.82) is 0 Å². The van der Waals surface area contributed by atoms with Crippen molar-refractivity contribution in [3.8, 4) is 0 Å². The second kappa shape index (κ2) is 5.51. The highest BCUT2D eigenvalue weighted by atomic mass is 127. The van der Waals surface area contributed by atoms with Crippen LogP contribution in [0.4, 0.5) is 8.78 Å². The lowest BCUT2D eigenvalue weighted by Gasteiger charge is -2.17. The van der Waals surface area contributed by atoms with Crippen LogP contribution in [0.5, 0.6) is 0 Å². The molecule has 2 fully saturated rings. The minimum atomic E-state index is -2.24. The molecule has 0 amide bonds. The fourth-order valence-electron chi connectivity index (χ4n) is 3.74. The van der Waals surface area contributed by atoms with Crippen LogP contribution < -0.4 is 5.32 Å². The van der Waals surface area contributed by atoms with Crippen LogP contribution in [-0.2, 0) is 0 Å². The van der Waals surface area contributed by atoms with Crippen molar-refractivity contribution in [3.05, 3.63) is 15.5 Å². The van der Waals surface area contributed by atoms with Crippen molar-refractivity contribution < 1.29 is 8.78 Å². The van der Waals surface area contributed by atoms with Crippen molar-refractivity contribution in [1.82, 2.24) is 15.1 Å². The van der Waals surface area contributed by atoms with Gasteiger partial charge in [-0.25, -0.2) is 8.78 Å². The Labute approximate surface area is 131 Å². The van der Waals surface area contributed by atoms with Crippen LogP contribution in [0.3, 0.4) is 0 Å². The topological polar surface area (TPSA) is 29.9 Å². The molecule has 1 aromatic heterocycles. The number of rotatable bonds is 5. The Kier molecular flexibility index (Phi) is 4.05. The molecule has 1 aromatic rings. The molecule has 20 heavy (non-hydrogen) atoms. The largest absolute Gasteiger partial charge is 0.309 e. The van der Waals surface area contributed by atoms with Crippen LogP contribution in [0.1, 0.15) is 44.3 Å². The van der Waals surface area contributed by atoms with Gasteiger partial charge in [-0.1, -0.05) is 0 Å². The molecule has 1 unspecified atom stereocenters. The summed E-state index contributed by atoms with van der Waals surface area (Å²) in [4.78, 5) is 0. The van der Waals surface area contributed by atoms with Crippen LogP contribution in [-0.4, -0.2) is 28.8 Å². The molecule has 0 bridgehead atoms. The fourth-order valence-corrected chi connectivity index (χ4v) is 4.29. The Morgan fingerprint density at radius 2 is 2.05 bits per heavy atom. The lowest BCUT2D eigenvalue weighted by Crippen LogP contribution is -2.32. The average Bonchev–Trinajstić information content (AvgIpc) is 2.76. The summed E-state index contributed by atoms with van der Waals surface area (Å²) in [5.74, 6) is 1.92. The molecule has 1 N–H and O–H groups in total. The second-order valence-corrected chi connectivity index (χ2v) is 7.36. The van der Waals surface area contributed by atoms with Gasteiger partial charge in [-0.15, -0.1) is 0 Å². The summed E-state index contributed by atoms with van der Waals surface area (Å²) in [6, 6.07) is 2.85. The quantitative estimate of drug-likeness (QED) is 0.775. The Bertz CT molecular complexity index is 477. The summed E-state index contributed by atoms with van der Waals surface area (Å²) in [5, 5.41) is 7.55. The van der Waals surface area contributed by atoms with E-state index in [0.717, 1.165) is 16.5 Å². The minimum Gasteiger partial charge on any atom is -0.309 e. The monoisotopic (exact) mass is 395 g/mol. The third-order valence-electron chi connectivity index (χ3n) is 4.57. The number of halogens is 3. The first-order valence-electron chi connectivity index (χ1n) is 7.24. The van der Waals surface area contributed by atoms with Gasteiger partial charge in [-0.2, -0.15) is 5.10 Å². The van der Waals surface area contributed by atoms with E-state index in [9.17, 15) is 8.78 Å². The van der Waals surface area contributed by atoms with Gasteiger partial charge in [0.1, 0.15) is 3.70 Å². The van der Waals surface area contributed by atoms with E-state index in [4.69, 9.17) is 0 Å². The van der Waals surface area contributed by atoms with Gasteiger partial charge in [0.15, 0.2) is 0 Å². The number of aromatic nitrogens is 2. The molecule has 0 saturated heterocycles. The maximum absolute atomic E-state index is 12.2. The maximum atomic E-state index is 12.2. The van der Waals surface area contributed by atoms with E-state index in [2.05, 4.69) is 57.6 Å². The number of hydrogen-bond donors (Lipinski definition) is 1. The van der Waals surface area contributed by atoms with Gasteiger partial charge in [0, 0.05) is 23.7 Å². The van der Waals surface area contributed by atoms with Crippen LogP contribution in [0.15, 0.2) is 6.07 Å². The normalized spacial score (nSPS) is 32.1. The Morgan fingerprint density at radius 1 is 1.40 bits per heavy atom. The van der Waals surface area contributed by atoms with Crippen LogP contribution in [0.25, 0.3) is 0 Å². The molecular weight excluding hydrogens is 375 g/mol. The summed E-state index contributed by atoms with van der Waals surface area (Å²) in [6.45, 7) is 4.13. The predicted molar refractivity (Wildman–Crippen MR) is 82.1 cm³/mol.